The molecule has 4 heterocycles. The Hall–Kier alpha value is -4.76. The Morgan fingerprint density at radius 3 is 2.39 bits per heavy atom. The van der Waals surface area contributed by atoms with Gasteiger partial charge in [-0.05, 0) is 119 Å². The van der Waals surface area contributed by atoms with Gasteiger partial charge in [-0.15, -0.1) is 11.3 Å². The molecule has 3 saturated heterocycles. The SMILES string of the molecule is CCCOC(=O)[C@H](C)NP(=O)(Oc1ccccc1)[C@@H](F)c1ccc2sc(C(=O)NC3CC[C@H](N(C)CCC(F)F)C[C@H]4CC[C@@H](C(=O)N5C[C@H](c6ccccc6)CC56CC6)N4C3=O)cc2c1. The molecule has 8 atom stereocenters. The molecule has 1 aromatic heterocycles. The quantitative estimate of drug-likeness (QED) is 0.0784. The number of likely N-dealkylation sites (tertiary alicyclic amines) is 1. The predicted molar refractivity (Wildman–Crippen MR) is 247 cm³/mol. The van der Waals surface area contributed by atoms with Crippen molar-refractivity contribution in [1.82, 2.24) is 25.1 Å². The largest absolute Gasteiger partial charge is 0.465 e. The number of hydrogen-bond donors (Lipinski definition) is 2. The number of para-hydroxylation sites is 1. The van der Waals surface area contributed by atoms with E-state index in [4.69, 9.17) is 9.26 Å². The first-order valence-corrected chi connectivity index (χ1v) is 25.6. The summed E-state index contributed by atoms with van der Waals surface area (Å²) in [6.45, 7) is 4.13. The summed E-state index contributed by atoms with van der Waals surface area (Å²) >= 11 is 1.14. The molecule has 4 fully saturated rings. The fraction of sp³-hybridized carbons (Fsp3) is 0.510. The summed E-state index contributed by atoms with van der Waals surface area (Å²) in [5, 5.41) is 6.05. The highest BCUT2D eigenvalue weighted by molar-refractivity contribution is 7.57. The summed E-state index contributed by atoms with van der Waals surface area (Å²) < 4.78 is 69.5. The van der Waals surface area contributed by atoms with Gasteiger partial charge in [0.25, 0.3) is 5.91 Å². The Labute approximate surface area is 388 Å². The topological polar surface area (TPSA) is 138 Å². The molecule has 1 saturated carbocycles. The monoisotopic (exact) mass is 949 g/mol. The number of carbonyl (C=O) groups excluding carboxylic acids is 4. The third kappa shape index (κ3) is 10.4. The Balaban J connectivity index is 1.03. The van der Waals surface area contributed by atoms with Crippen molar-refractivity contribution >= 4 is 52.6 Å². The molecule has 354 valence electrons. The molecular weight excluding hydrogens is 891 g/mol. The lowest BCUT2D eigenvalue weighted by Gasteiger charge is -2.41. The van der Waals surface area contributed by atoms with Gasteiger partial charge in [0.15, 0.2) is 0 Å². The predicted octanol–water partition coefficient (Wildman–Crippen LogP) is 9.22. The Kier molecular flexibility index (Phi) is 14.6. The summed E-state index contributed by atoms with van der Waals surface area (Å²) in [6, 6.07) is 21.0. The van der Waals surface area contributed by atoms with Crippen molar-refractivity contribution in [2.24, 2.45) is 0 Å². The number of rotatable bonds is 17. The molecule has 2 unspecified atom stereocenters. The van der Waals surface area contributed by atoms with Gasteiger partial charge in [-0.25, -0.2) is 18.3 Å². The van der Waals surface area contributed by atoms with Crippen molar-refractivity contribution in [3.8, 4) is 5.75 Å². The number of alkyl halides is 3. The number of thiophene rings is 1. The van der Waals surface area contributed by atoms with Crippen LogP contribution in [0.3, 0.4) is 0 Å². The molecule has 3 aromatic carbocycles. The highest BCUT2D eigenvalue weighted by Crippen LogP contribution is 2.58. The van der Waals surface area contributed by atoms with Crippen LogP contribution < -0.4 is 14.9 Å². The third-order valence-electron chi connectivity index (χ3n) is 13.8. The summed E-state index contributed by atoms with van der Waals surface area (Å²) in [4.78, 5) is 62.3. The minimum absolute atomic E-state index is 0.0119. The highest BCUT2D eigenvalue weighted by Gasteiger charge is 2.58. The van der Waals surface area contributed by atoms with Crippen LogP contribution in [0.15, 0.2) is 84.9 Å². The lowest BCUT2D eigenvalue weighted by Crippen LogP contribution is -2.59. The molecule has 66 heavy (non-hydrogen) atoms. The molecule has 0 radical (unpaired) electrons. The van der Waals surface area contributed by atoms with Gasteiger partial charge in [-0.3, -0.25) is 23.7 Å². The van der Waals surface area contributed by atoms with Crippen molar-refractivity contribution in [2.45, 2.75) is 132 Å². The van der Waals surface area contributed by atoms with Gasteiger partial charge in [0.1, 0.15) is 23.9 Å². The number of fused-ring (bicyclic) bond motifs is 2. The fourth-order valence-corrected chi connectivity index (χ4v) is 13.0. The molecule has 0 bridgehead atoms. The van der Waals surface area contributed by atoms with Crippen LogP contribution in [-0.2, 0) is 23.7 Å². The second-order valence-corrected chi connectivity index (χ2v) is 21.6. The van der Waals surface area contributed by atoms with E-state index in [0.29, 0.717) is 48.7 Å². The van der Waals surface area contributed by atoms with Crippen molar-refractivity contribution in [3.63, 3.8) is 0 Å². The minimum Gasteiger partial charge on any atom is -0.465 e. The number of nitrogens with one attached hydrogen (secondary N) is 2. The van der Waals surface area contributed by atoms with E-state index in [0.717, 1.165) is 30.6 Å². The average Bonchev–Trinajstić information content (AvgIpc) is 3.59. The molecule has 1 spiro atoms. The summed E-state index contributed by atoms with van der Waals surface area (Å²) in [7, 11) is -2.69. The first-order chi connectivity index (χ1) is 31.7. The van der Waals surface area contributed by atoms with Gasteiger partial charge in [-0.1, -0.05) is 61.5 Å². The normalized spacial score (nSPS) is 24.4. The summed E-state index contributed by atoms with van der Waals surface area (Å²) in [5.74, 6) is -3.55. The van der Waals surface area contributed by atoms with Gasteiger partial charge in [0, 0.05) is 47.8 Å². The number of halogens is 3. The third-order valence-corrected chi connectivity index (χ3v) is 17.0. The lowest BCUT2D eigenvalue weighted by molar-refractivity contribution is -0.148. The Bertz CT molecular complexity index is 2430. The molecule has 2 N–H and O–H groups in total. The fourth-order valence-electron chi connectivity index (χ4n) is 10.1. The van der Waals surface area contributed by atoms with E-state index in [9.17, 15) is 32.5 Å². The van der Waals surface area contributed by atoms with Crippen LogP contribution in [-0.4, -0.2) is 107 Å². The second kappa shape index (κ2) is 20.2. The minimum atomic E-state index is -4.50. The maximum Gasteiger partial charge on any atom is 0.355 e. The number of ether oxygens (including phenoxy) is 1. The molecule has 4 aliphatic rings. The van der Waals surface area contributed by atoms with E-state index in [-0.39, 0.29) is 77.5 Å². The van der Waals surface area contributed by atoms with Crippen LogP contribution >= 0.6 is 18.9 Å². The lowest BCUT2D eigenvalue weighted by atomic mass is 9.93. The van der Waals surface area contributed by atoms with Crippen molar-refractivity contribution < 1.29 is 46.2 Å². The van der Waals surface area contributed by atoms with E-state index >= 15 is 4.39 Å². The molecule has 8 rings (SSSR count). The van der Waals surface area contributed by atoms with E-state index in [1.807, 2.05) is 42.0 Å². The van der Waals surface area contributed by atoms with Gasteiger partial charge >= 0.3 is 13.5 Å². The molecule has 4 aromatic rings. The highest BCUT2D eigenvalue weighted by atomic mass is 32.1. The van der Waals surface area contributed by atoms with Crippen molar-refractivity contribution in [2.75, 3.05) is 26.7 Å². The first-order valence-electron chi connectivity index (χ1n) is 23.1. The number of carbonyl (C=O) groups is 4. The summed E-state index contributed by atoms with van der Waals surface area (Å²) in [5.41, 5.74) is 0.955. The van der Waals surface area contributed by atoms with E-state index in [1.54, 1.807) is 35.2 Å². The van der Waals surface area contributed by atoms with Gasteiger partial charge < -0.3 is 29.3 Å². The average molecular weight is 950 g/mol. The van der Waals surface area contributed by atoms with Crippen LogP contribution in [0.4, 0.5) is 13.2 Å². The Morgan fingerprint density at radius 1 is 0.970 bits per heavy atom. The van der Waals surface area contributed by atoms with E-state index < -0.39 is 49.9 Å². The van der Waals surface area contributed by atoms with Crippen LogP contribution in [0.25, 0.3) is 10.1 Å². The molecule has 1 aliphatic carbocycles. The van der Waals surface area contributed by atoms with E-state index in [1.165, 1.54) is 36.8 Å². The zero-order valence-electron chi connectivity index (χ0n) is 37.6. The van der Waals surface area contributed by atoms with Gasteiger partial charge in [0.2, 0.25) is 24.2 Å². The number of amides is 3. The van der Waals surface area contributed by atoms with E-state index in [2.05, 4.69) is 22.5 Å². The molecule has 12 nitrogen and oxygen atoms in total. The van der Waals surface area contributed by atoms with Crippen LogP contribution in [0.5, 0.6) is 5.75 Å². The number of nitrogens with zero attached hydrogens (tertiary/aromatic N) is 3. The zero-order chi connectivity index (χ0) is 46.8. The molecular formula is C49H59F3N5O7PS. The van der Waals surface area contributed by atoms with Crippen molar-refractivity contribution in [3.05, 3.63) is 101 Å². The smallest absolute Gasteiger partial charge is 0.355 e. The zero-order valence-corrected chi connectivity index (χ0v) is 39.3. The van der Waals surface area contributed by atoms with Gasteiger partial charge in [-0.2, -0.15) is 0 Å². The van der Waals surface area contributed by atoms with Crippen LogP contribution in [0.1, 0.15) is 111 Å². The second-order valence-electron chi connectivity index (χ2n) is 18.4. The number of benzene rings is 3. The Morgan fingerprint density at radius 2 is 1.70 bits per heavy atom. The van der Waals surface area contributed by atoms with Crippen LogP contribution in [0, 0.1) is 0 Å². The molecule has 3 amide bonds. The maximum absolute atomic E-state index is 16.7. The standard InChI is InChI=1S/C49H59F3N5O7PS/c1-4-25-63-48(61)31(2)54-65(62,64-38-13-9-6-10-14-38)44(52)33-15-20-41-34(26-33)27-42(66-41)45(58)53-39-18-16-36(55(3)24-21-43(50)51)28-37-17-19-40(57(37)46(39)59)47(60)56-30-35(29-49(56)22-23-49)32-11-7-5-8-12-32/h5-15,20,26-27,31,35-37,39-40,43-44H,4,16-19,21-25,28-30H2,1-3H3,(H,53,58)(H,54,62)/t31-,35+,36-,37+,39?,40-,44+,65?/m0/s1. The number of hydrogen-bond acceptors (Lipinski definition) is 9. The molecule has 17 heteroatoms. The number of esters is 1. The van der Waals surface area contributed by atoms with Crippen LogP contribution in [0.2, 0.25) is 0 Å². The first kappa shape index (κ1) is 47.7. The van der Waals surface area contributed by atoms with Crippen molar-refractivity contribution in [1.29, 1.82) is 0 Å². The van der Waals surface area contributed by atoms with Gasteiger partial charge in [0.05, 0.1) is 11.5 Å². The summed E-state index contributed by atoms with van der Waals surface area (Å²) in [6.07, 6.45) is 2.80. The molecule has 3 aliphatic heterocycles. The maximum atomic E-state index is 16.7.